The van der Waals surface area contributed by atoms with Gasteiger partial charge < -0.3 is 14.0 Å². The zero-order chi connectivity index (χ0) is 24.5. The van der Waals surface area contributed by atoms with E-state index in [4.69, 9.17) is 9.47 Å². The van der Waals surface area contributed by atoms with Crippen LogP contribution in [0.2, 0.25) is 0 Å². The Morgan fingerprint density at radius 2 is 2.00 bits per heavy atom. The number of esters is 1. The molecule has 1 fully saturated rings. The van der Waals surface area contributed by atoms with Gasteiger partial charge in [-0.2, -0.15) is 0 Å². The number of hydrogen-bond acceptors (Lipinski definition) is 6. The van der Waals surface area contributed by atoms with Crippen molar-refractivity contribution in [1.29, 1.82) is 0 Å². The predicted molar refractivity (Wildman–Crippen MR) is 131 cm³/mol. The van der Waals surface area contributed by atoms with E-state index in [1.807, 2.05) is 19.9 Å². The molecule has 1 unspecified atom stereocenters. The van der Waals surface area contributed by atoms with Crippen LogP contribution in [-0.2, 0) is 29.0 Å². The number of hydrogen-bond donors (Lipinski definition) is 0. The van der Waals surface area contributed by atoms with Gasteiger partial charge in [0, 0.05) is 43.1 Å². The smallest absolute Gasteiger partial charge is 0.338 e. The van der Waals surface area contributed by atoms with Crippen molar-refractivity contribution < 1.29 is 19.1 Å². The normalized spacial score (nSPS) is 17.8. The molecule has 5 rings (SSSR count). The summed E-state index contributed by atoms with van der Waals surface area (Å²) in [7, 11) is 0. The van der Waals surface area contributed by atoms with Gasteiger partial charge >= 0.3 is 5.97 Å². The molecular weight excluding hydrogens is 446 g/mol. The Morgan fingerprint density at radius 1 is 1.14 bits per heavy atom. The molecule has 1 aromatic carbocycles. The highest BCUT2D eigenvalue weighted by molar-refractivity contribution is 6.01. The highest BCUT2D eigenvalue weighted by atomic mass is 16.5. The highest BCUT2D eigenvalue weighted by Gasteiger charge is 2.22. The minimum Gasteiger partial charge on any atom is -0.454 e. The molecule has 1 saturated heterocycles. The van der Waals surface area contributed by atoms with E-state index in [0.717, 1.165) is 68.9 Å². The number of benzene rings is 1. The summed E-state index contributed by atoms with van der Waals surface area (Å²) in [5.74, 6) is -0.0863. The third-order valence-corrected chi connectivity index (χ3v) is 7.17. The summed E-state index contributed by atoms with van der Waals surface area (Å²) in [6.07, 6.45) is 6.04. The standard InChI is InChI=1S/C27H31N3O5/c1-17-13-22(18(2)30(17)15-20-7-6-12-34-20)24(31)16-35-27(33)19-9-10-21-23(14-19)28-25-8-4-3-5-11-29(25)26(21)32/h9-10,13-14,20H,3-8,11-12,15-16H2,1-2H3. The van der Waals surface area contributed by atoms with Gasteiger partial charge in [0.1, 0.15) is 5.82 Å². The molecule has 0 amide bonds. The zero-order valence-electron chi connectivity index (χ0n) is 20.3. The van der Waals surface area contributed by atoms with Crippen LogP contribution >= 0.6 is 0 Å². The molecule has 2 aliphatic heterocycles. The molecule has 0 N–H and O–H groups in total. The second-order valence-corrected chi connectivity index (χ2v) is 9.56. The Kier molecular flexibility index (Phi) is 6.56. The Hall–Kier alpha value is -3.26. The molecule has 2 aliphatic rings. The average molecular weight is 478 g/mol. The molecule has 2 aromatic heterocycles. The van der Waals surface area contributed by atoms with Crippen molar-refractivity contribution in [3.63, 3.8) is 0 Å². The number of ether oxygens (including phenoxy) is 2. The SMILES string of the molecule is Cc1cc(C(=O)COC(=O)c2ccc3c(=O)n4c(nc3c2)CCCCC4)c(C)n1CC1CCCO1. The molecule has 0 radical (unpaired) electrons. The van der Waals surface area contributed by atoms with Gasteiger partial charge in [-0.05, 0) is 63.8 Å². The first-order valence-corrected chi connectivity index (χ1v) is 12.4. The van der Waals surface area contributed by atoms with Crippen molar-refractivity contribution in [2.24, 2.45) is 0 Å². The minimum absolute atomic E-state index is 0.0691. The lowest BCUT2D eigenvalue weighted by Gasteiger charge is -2.14. The molecular formula is C27H31N3O5. The molecule has 0 spiro atoms. The van der Waals surface area contributed by atoms with E-state index < -0.39 is 5.97 Å². The summed E-state index contributed by atoms with van der Waals surface area (Å²) in [4.78, 5) is 43.2. The van der Waals surface area contributed by atoms with Gasteiger partial charge in [0.2, 0.25) is 5.78 Å². The first-order chi connectivity index (χ1) is 16.9. The second-order valence-electron chi connectivity index (χ2n) is 9.56. The Morgan fingerprint density at radius 3 is 2.80 bits per heavy atom. The van der Waals surface area contributed by atoms with E-state index in [-0.39, 0.29) is 29.6 Å². The maximum Gasteiger partial charge on any atom is 0.338 e. The molecule has 184 valence electrons. The van der Waals surface area contributed by atoms with Crippen LogP contribution in [0.15, 0.2) is 29.1 Å². The zero-order valence-corrected chi connectivity index (χ0v) is 20.3. The molecule has 0 aliphatic carbocycles. The average Bonchev–Trinajstić information content (AvgIpc) is 3.38. The second kappa shape index (κ2) is 9.77. The number of fused-ring (bicyclic) bond motifs is 2. The Labute approximate surface area is 203 Å². The fraction of sp³-hybridized carbons (Fsp3) is 0.481. The Bertz CT molecular complexity index is 1350. The number of carbonyl (C=O) groups is 2. The van der Waals surface area contributed by atoms with Crippen LogP contribution < -0.4 is 5.56 Å². The fourth-order valence-corrected chi connectivity index (χ4v) is 5.19. The van der Waals surface area contributed by atoms with Gasteiger partial charge in [-0.1, -0.05) is 6.42 Å². The highest BCUT2D eigenvalue weighted by Crippen LogP contribution is 2.21. The first kappa shape index (κ1) is 23.5. The molecule has 0 saturated carbocycles. The number of aromatic nitrogens is 3. The maximum absolute atomic E-state index is 12.9. The van der Waals surface area contributed by atoms with E-state index in [9.17, 15) is 14.4 Å². The van der Waals surface area contributed by atoms with E-state index >= 15 is 0 Å². The predicted octanol–water partition coefficient (Wildman–Crippen LogP) is 3.76. The number of carbonyl (C=O) groups excluding carboxylic acids is 2. The van der Waals surface area contributed by atoms with Crippen LogP contribution in [0.25, 0.3) is 10.9 Å². The molecule has 0 bridgehead atoms. The van der Waals surface area contributed by atoms with Crippen LogP contribution in [0.4, 0.5) is 0 Å². The number of ketones is 1. The van der Waals surface area contributed by atoms with Gasteiger partial charge in [0.15, 0.2) is 6.61 Å². The molecule has 3 aromatic rings. The van der Waals surface area contributed by atoms with Crippen LogP contribution in [0, 0.1) is 13.8 Å². The van der Waals surface area contributed by atoms with Crippen LogP contribution in [0.5, 0.6) is 0 Å². The quantitative estimate of drug-likeness (QED) is 0.397. The molecule has 8 heteroatoms. The van der Waals surface area contributed by atoms with Crippen LogP contribution in [-0.4, -0.2) is 45.2 Å². The third-order valence-electron chi connectivity index (χ3n) is 7.17. The molecule has 35 heavy (non-hydrogen) atoms. The largest absolute Gasteiger partial charge is 0.454 e. The molecule has 4 heterocycles. The summed E-state index contributed by atoms with van der Waals surface area (Å²) < 4.78 is 14.9. The fourth-order valence-electron chi connectivity index (χ4n) is 5.19. The van der Waals surface area contributed by atoms with Crippen molar-refractivity contribution in [2.45, 2.75) is 71.6 Å². The van der Waals surface area contributed by atoms with Crippen molar-refractivity contribution in [3.8, 4) is 0 Å². The summed E-state index contributed by atoms with van der Waals surface area (Å²) in [6, 6.07) is 6.62. The maximum atomic E-state index is 12.9. The van der Waals surface area contributed by atoms with Crippen LogP contribution in [0.3, 0.4) is 0 Å². The van der Waals surface area contributed by atoms with Gasteiger partial charge in [0.05, 0.1) is 22.6 Å². The van der Waals surface area contributed by atoms with E-state index in [0.29, 0.717) is 23.0 Å². The van der Waals surface area contributed by atoms with E-state index in [1.165, 1.54) is 0 Å². The Balaban J connectivity index is 1.30. The summed E-state index contributed by atoms with van der Waals surface area (Å²) in [6.45, 7) is 5.72. The topological polar surface area (TPSA) is 92.4 Å². The van der Waals surface area contributed by atoms with Crippen molar-refractivity contribution in [1.82, 2.24) is 14.1 Å². The number of nitrogens with zero attached hydrogens (tertiary/aromatic N) is 3. The van der Waals surface area contributed by atoms with Crippen molar-refractivity contribution in [3.05, 3.63) is 63.0 Å². The molecule has 1 atom stereocenters. The van der Waals surface area contributed by atoms with Crippen molar-refractivity contribution >= 4 is 22.7 Å². The number of Topliss-reactive ketones (excluding diaryl/α,β-unsaturated/α-hetero) is 1. The van der Waals surface area contributed by atoms with Gasteiger partial charge in [-0.25, -0.2) is 9.78 Å². The van der Waals surface area contributed by atoms with Crippen molar-refractivity contribution in [2.75, 3.05) is 13.2 Å². The number of rotatable bonds is 6. The van der Waals surface area contributed by atoms with Gasteiger partial charge in [-0.3, -0.25) is 14.2 Å². The van der Waals surface area contributed by atoms with Gasteiger partial charge in [-0.15, -0.1) is 0 Å². The first-order valence-electron chi connectivity index (χ1n) is 12.4. The van der Waals surface area contributed by atoms with Crippen LogP contribution in [0.1, 0.15) is 70.0 Å². The lowest BCUT2D eigenvalue weighted by Crippen LogP contribution is -2.24. The van der Waals surface area contributed by atoms with E-state index in [1.54, 1.807) is 22.8 Å². The molecule has 8 nitrogen and oxygen atoms in total. The monoisotopic (exact) mass is 477 g/mol. The lowest BCUT2D eigenvalue weighted by molar-refractivity contribution is 0.0474. The number of aryl methyl sites for hydroxylation is 2. The van der Waals surface area contributed by atoms with E-state index in [2.05, 4.69) is 9.55 Å². The minimum atomic E-state index is -0.606. The summed E-state index contributed by atoms with van der Waals surface area (Å²) in [5.41, 5.74) is 3.10. The summed E-state index contributed by atoms with van der Waals surface area (Å²) >= 11 is 0. The summed E-state index contributed by atoms with van der Waals surface area (Å²) in [5, 5.41) is 0.488. The third kappa shape index (κ3) is 4.67. The lowest BCUT2D eigenvalue weighted by atomic mass is 10.1. The van der Waals surface area contributed by atoms with Gasteiger partial charge in [0.25, 0.3) is 5.56 Å².